The van der Waals surface area contributed by atoms with E-state index in [1.165, 1.54) is 0 Å². The predicted molar refractivity (Wildman–Crippen MR) is 393 cm³/mol. The van der Waals surface area contributed by atoms with Gasteiger partial charge in [-0.25, -0.2) is 33.6 Å². The first-order chi connectivity index (χ1) is 50.8. The van der Waals surface area contributed by atoms with Gasteiger partial charge in [-0.2, -0.15) is 0 Å². The molecule has 19 N–H and O–H groups in total. The third kappa shape index (κ3) is 33.8. The minimum Gasteiger partial charge on any atom is -0.447 e. The average molecular weight is 1500 g/mol. The van der Waals surface area contributed by atoms with Crippen LogP contribution in [0.4, 0.5) is 33.6 Å². The fourth-order valence-corrected chi connectivity index (χ4v) is 12.9. The topological polar surface area (TPSA) is 480 Å². The van der Waals surface area contributed by atoms with E-state index in [0.29, 0.717) is 51.5 Å². The van der Waals surface area contributed by atoms with Gasteiger partial charge in [0.2, 0.25) is 0 Å². The van der Waals surface area contributed by atoms with Crippen molar-refractivity contribution in [2.45, 2.75) is 351 Å². The third-order valence-electron chi connectivity index (χ3n) is 19.0. The van der Waals surface area contributed by atoms with Gasteiger partial charge in [-0.05, 0) is 51.4 Å². The van der Waals surface area contributed by atoms with Crippen molar-refractivity contribution >= 4 is 42.7 Å². The molecule has 4 aliphatic rings. The van der Waals surface area contributed by atoms with Crippen molar-refractivity contribution in [2.75, 3.05) is 65.5 Å². The van der Waals surface area contributed by atoms with Crippen LogP contribution in [-0.2, 0) is 61.6 Å². The van der Waals surface area contributed by atoms with Crippen LogP contribution >= 0.6 is 0 Å². The highest BCUT2D eigenvalue weighted by Gasteiger charge is 2.59. The van der Waals surface area contributed by atoms with E-state index in [1.54, 1.807) is 0 Å². The number of unbranched alkanes of at least 4 members (excludes halogenated alkanes) is 21. The Morgan fingerprint density at radius 3 is 0.886 bits per heavy atom. The second kappa shape index (κ2) is 54.1. The number of carbonyl (C=O) groups is 7. The Labute approximate surface area is 623 Å². The maximum atomic E-state index is 14.5. The zero-order valence-corrected chi connectivity index (χ0v) is 64.2. The van der Waals surface area contributed by atoms with E-state index in [-0.39, 0.29) is 58.8 Å². The van der Waals surface area contributed by atoms with Crippen molar-refractivity contribution in [3.8, 4) is 0 Å². The van der Waals surface area contributed by atoms with E-state index < -0.39 is 166 Å². The normalized spacial score (nSPS) is 27.9. The molecule has 610 valence electrons. The molecule has 19 atom stereocenters. The first kappa shape index (κ1) is 91.8. The fourth-order valence-electron chi connectivity index (χ4n) is 12.9. The monoisotopic (exact) mass is 1500 g/mol. The summed E-state index contributed by atoms with van der Waals surface area (Å²) in [5.41, 5.74) is 41.2. The summed E-state index contributed by atoms with van der Waals surface area (Å²) in [7, 11) is 0. The van der Waals surface area contributed by atoms with Crippen LogP contribution in [0.25, 0.3) is 0 Å². The highest BCUT2D eigenvalue weighted by molar-refractivity contribution is 5.70. The fraction of sp³-hybridized carbons (Fsp3) is 0.903. The minimum absolute atomic E-state index is 0.0852. The summed E-state index contributed by atoms with van der Waals surface area (Å²) in [6.45, 7) is 15.0. The number of nitrogens with one attached hydrogen (secondary N) is 7. The summed E-state index contributed by atoms with van der Waals surface area (Å²) in [6.07, 6.45) is -5.35. The van der Waals surface area contributed by atoms with Crippen LogP contribution in [0.2, 0.25) is 0 Å². The molecular weight excluding hydrogens is 1370 g/mol. The van der Waals surface area contributed by atoms with Gasteiger partial charge in [-0.3, -0.25) is 0 Å². The van der Waals surface area contributed by atoms with E-state index >= 15 is 0 Å². The van der Waals surface area contributed by atoms with Crippen LogP contribution in [0, 0.1) is 0 Å². The van der Waals surface area contributed by atoms with Gasteiger partial charge in [-0.15, -0.1) is 0 Å². The van der Waals surface area contributed by atoms with E-state index in [0.717, 1.165) is 135 Å². The molecule has 0 bridgehead atoms. The Balaban J connectivity index is 1.91. The lowest BCUT2D eigenvalue weighted by atomic mass is 9.84. The molecule has 1 aliphatic carbocycles. The zero-order valence-electron chi connectivity index (χ0n) is 64.2. The molecule has 4 rings (SSSR count). The van der Waals surface area contributed by atoms with Gasteiger partial charge in [0.25, 0.3) is 0 Å². The SMILES string of the molecule is CCCCCCNC(=O)OC[C@H]1O[C@@H](O[C@@H]2[C@@H](OC(=O)NCCCCCC)[C@H](N)C[C@H](N)[C@H]2O[C@H]2O[C@H](CN)[C@@H](OC(=O)NCCCCCC)[C@H](OC(=O)NCCCCCC)[C@H]2N)[C@H](OC(=O)NCCCCCC)[C@@H]1O[C@H]1O[C@@H](CN)[C@@H](OC(=O)NCCCCCC)[C@H](OC(=O)NCCCCCC)[C@H]1N. The van der Waals surface area contributed by atoms with Gasteiger partial charge in [0.15, 0.2) is 49.4 Å². The molecule has 105 heavy (non-hydrogen) atoms. The highest BCUT2D eigenvalue weighted by atomic mass is 16.8. The summed E-state index contributed by atoms with van der Waals surface area (Å²) < 4.78 is 83.3. The van der Waals surface area contributed by atoms with E-state index in [1.807, 2.05) is 0 Å². The Morgan fingerprint density at radius 1 is 0.295 bits per heavy atom. The smallest absolute Gasteiger partial charge is 0.407 e. The number of rotatable bonds is 51. The van der Waals surface area contributed by atoms with Crippen LogP contribution < -0.4 is 71.6 Å². The second-order valence-electron chi connectivity index (χ2n) is 27.9. The Kier molecular flexibility index (Phi) is 47.3. The lowest BCUT2D eigenvalue weighted by Gasteiger charge is -2.48. The number of alkyl carbamates (subject to hydrolysis) is 7. The molecule has 3 heterocycles. The molecule has 0 aromatic rings. The van der Waals surface area contributed by atoms with Crippen molar-refractivity contribution in [2.24, 2.45) is 34.4 Å². The molecule has 0 aromatic heterocycles. The molecule has 33 heteroatoms. The van der Waals surface area contributed by atoms with E-state index in [9.17, 15) is 33.6 Å². The van der Waals surface area contributed by atoms with Crippen molar-refractivity contribution in [3.05, 3.63) is 0 Å². The average Bonchev–Trinajstić information content (AvgIpc) is 1.76. The first-order valence-electron chi connectivity index (χ1n) is 39.8. The van der Waals surface area contributed by atoms with Gasteiger partial charge in [0, 0.05) is 71.0 Å². The first-order valence-corrected chi connectivity index (χ1v) is 39.8. The number of nitrogens with two attached hydrogens (primary N) is 6. The summed E-state index contributed by atoms with van der Waals surface area (Å²) in [5, 5.41) is 19.4. The number of hydrogen-bond donors (Lipinski definition) is 13. The van der Waals surface area contributed by atoms with Gasteiger partial charge in [0.1, 0.15) is 49.3 Å². The number of ether oxygens (including phenoxy) is 13. The third-order valence-corrected chi connectivity index (χ3v) is 19.0. The van der Waals surface area contributed by atoms with Crippen molar-refractivity contribution in [1.29, 1.82) is 0 Å². The van der Waals surface area contributed by atoms with Gasteiger partial charge in [-0.1, -0.05) is 183 Å². The van der Waals surface area contributed by atoms with Crippen LogP contribution in [-0.4, -0.2) is 224 Å². The Hall–Kier alpha value is -5.59. The zero-order chi connectivity index (χ0) is 76.7. The minimum atomic E-state index is -1.83. The second-order valence-corrected chi connectivity index (χ2v) is 27.9. The highest BCUT2D eigenvalue weighted by Crippen LogP contribution is 2.38. The van der Waals surface area contributed by atoms with Crippen LogP contribution in [0.1, 0.15) is 235 Å². The summed E-state index contributed by atoms with van der Waals surface area (Å²) in [4.78, 5) is 97.1. The maximum Gasteiger partial charge on any atom is 0.407 e. The summed E-state index contributed by atoms with van der Waals surface area (Å²) in [5.74, 6) is 0. The maximum absolute atomic E-state index is 14.5. The Bertz CT molecular complexity index is 2410. The largest absolute Gasteiger partial charge is 0.447 e. The number of carbonyl (C=O) groups excluding carboxylic acids is 7. The van der Waals surface area contributed by atoms with Crippen LogP contribution in [0.3, 0.4) is 0 Å². The molecule has 3 aliphatic heterocycles. The molecule has 0 aromatic carbocycles. The lowest BCUT2D eigenvalue weighted by molar-refractivity contribution is -0.305. The molecule has 7 amide bonds. The van der Waals surface area contributed by atoms with Gasteiger partial charge < -0.3 is 133 Å². The molecular formula is C72H137N13O20. The molecule has 0 spiro atoms. The molecule has 1 saturated carbocycles. The van der Waals surface area contributed by atoms with Crippen molar-refractivity contribution in [3.63, 3.8) is 0 Å². The number of hydrogen-bond acceptors (Lipinski definition) is 26. The van der Waals surface area contributed by atoms with Crippen molar-refractivity contribution < 1.29 is 95.1 Å². The van der Waals surface area contributed by atoms with Gasteiger partial charge in [0.05, 0.1) is 12.1 Å². The molecule has 33 nitrogen and oxygen atoms in total. The number of amides is 7. The standard InChI is InChI=1S/C72H137N13O20/c1-8-15-22-29-36-79-66(86)93-46-51-58(98-64-53(78)60(104-71(91)84-41-34-27-20-13-6)57(50(45-74)95-64)102-69(89)82-39-32-25-18-11-4)62(105-72(92)85-42-35-28-21-14-7)65(96-51)99-61-54(47(75)43-48(76)55(61)100-67(87)80-37-30-23-16-9-2)97-63-52(77)59(103-70(90)83-40-33-26-19-12-5)56(49(44-73)94-63)101-68(88)81-38-31-24-17-10-3/h47-65H,8-46,73-78H2,1-7H3,(H,79,86)(H,80,87)(H,81,88)(H,82,89)(H,83,90)(H,84,91)(H,85,92)/t47-,48+,49+,50-,51+,52+,53+,54+,55-,56+,57+,58+,59+,60+,61-,62+,63+,64+,65-/m0/s1. The van der Waals surface area contributed by atoms with Crippen molar-refractivity contribution in [1.82, 2.24) is 37.2 Å². The van der Waals surface area contributed by atoms with E-state index in [4.69, 9.17) is 96.0 Å². The quantitative estimate of drug-likeness (QED) is 0.0210. The predicted octanol–water partition coefficient (Wildman–Crippen LogP) is 7.30. The molecule has 0 radical (unpaired) electrons. The van der Waals surface area contributed by atoms with Crippen LogP contribution in [0.15, 0.2) is 0 Å². The van der Waals surface area contributed by atoms with Crippen LogP contribution in [0.5, 0.6) is 0 Å². The molecule has 3 saturated heterocycles. The van der Waals surface area contributed by atoms with E-state index in [2.05, 4.69) is 85.7 Å². The molecule has 0 unspecified atom stereocenters. The molecule has 4 fully saturated rings. The Morgan fingerprint density at radius 2 is 0.562 bits per heavy atom. The van der Waals surface area contributed by atoms with Gasteiger partial charge >= 0.3 is 42.7 Å². The lowest BCUT2D eigenvalue weighted by Crippen LogP contribution is -2.70. The summed E-state index contributed by atoms with van der Waals surface area (Å²) >= 11 is 0. The summed E-state index contributed by atoms with van der Waals surface area (Å²) in [6, 6.07) is -5.21.